The summed E-state index contributed by atoms with van der Waals surface area (Å²) in [4.78, 5) is 23.4. The number of hydrogen-bond donors (Lipinski definition) is 1. The van der Waals surface area contributed by atoms with E-state index in [4.69, 9.17) is 9.84 Å². The lowest BCUT2D eigenvalue weighted by Crippen LogP contribution is -2.45. The van der Waals surface area contributed by atoms with Crippen molar-refractivity contribution in [1.82, 2.24) is 0 Å². The number of halogens is 1. The Morgan fingerprint density at radius 1 is 1.53 bits per heavy atom. The number of cyclic esters (lactones) is 1. The molecule has 0 radical (unpaired) electrons. The van der Waals surface area contributed by atoms with E-state index in [9.17, 15) is 14.0 Å². The third kappa shape index (κ3) is 2.35. The molecule has 0 bridgehead atoms. The Balaban J connectivity index is 2.23. The van der Waals surface area contributed by atoms with Crippen LogP contribution in [0.4, 0.5) is 14.9 Å². The molecule has 1 saturated heterocycles. The number of amides is 1. The van der Waals surface area contributed by atoms with Crippen molar-refractivity contribution in [3.63, 3.8) is 0 Å². The fourth-order valence-electron chi connectivity index (χ4n) is 1.60. The lowest BCUT2D eigenvalue weighted by molar-refractivity contribution is -0.143. The van der Waals surface area contributed by atoms with Gasteiger partial charge < -0.3 is 9.84 Å². The molecule has 0 aromatic heterocycles. The second kappa shape index (κ2) is 4.40. The Morgan fingerprint density at radius 3 is 2.94 bits per heavy atom. The predicted molar refractivity (Wildman–Crippen MR) is 56.2 cm³/mol. The van der Waals surface area contributed by atoms with Gasteiger partial charge in [0.15, 0.2) is 0 Å². The van der Waals surface area contributed by atoms with Gasteiger partial charge in [0.05, 0.1) is 0 Å². The maximum absolute atomic E-state index is 13.0. The highest BCUT2D eigenvalue weighted by Gasteiger charge is 2.32. The van der Waals surface area contributed by atoms with E-state index in [0.717, 1.165) is 11.0 Å². The van der Waals surface area contributed by atoms with Gasteiger partial charge in [-0.1, -0.05) is 6.07 Å². The second-order valence-electron chi connectivity index (χ2n) is 3.70. The smallest absolute Gasteiger partial charge is 0.414 e. The summed E-state index contributed by atoms with van der Waals surface area (Å²) in [5.41, 5.74) is 0.293. The van der Waals surface area contributed by atoms with Gasteiger partial charge in [0.25, 0.3) is 0 Å². The van der Waals surface area contributed by atoms with Crippen LogP contribution in [0.1, 0.15) is 0 Å². The van der Waals surface area contributed by atoms with Crippen LogP contribution in [0, 0.1) is 11.7 Å². The fraction of sp³-hybridized carbons (Fsp3) is 0.273. The molecule has 1 heterocycles. The topological polar surface area (TPSA) is 66.8 Å². The van der Waals surface area contributed by atoms with E-state index < -0.39 is 23.8 Å². The van der Waals surface area contributed by atoms with Gasteiger partial charge >= 0.3 is 12.1 Å². The van der Waals surface area contributed by atoms with Crippen LogP contribution in [0.25, 0.3) is 0 Å². The van der Waals surface area contributed by atoms with Gasteiger partial charge in [-0.05, 0) is 18.2 Å². The molecule has 5 nitrogen and oxygen atoms in total. The molecule has 1 aromatic carbocycles. The maximum atomic E-state index is 13.0. The van der Waals surface area contributed by atoms with Crippen LogP contribution in [0.5, 0.6) is 0 Å². The molecule has 1 aliphatic rings. The molecule has 90 valence electrons. The summed E-state index contributed by atoms with van der Waals surface area (Å²) >= 11 is 0. The molecule has 0 saturated carbocycles. The highest BCUT2D eigenvalue weighted by molar-refractivity contribution is 5.90. The van der Waals surface area contributed by atoms with Crippen LogP contribution in [-0.4, -0.2) is 30.3 Å². The molecule has 1 aliphatic heterocycles. The number of ether oxygens (including phenoxy) is 1. The lowest BCUT2D eigenvalue weighted by atomic mass is 10.1. The zero-order chi connectivity index (χ0) is 12.4. The van der Waals surface area contributed by atoms with E-state index >= 15 is 0 Å². The van der Waals surface area contributed by atoms with Crippen LogP contribution < -0.4 is 4.90 Å². The number of carbonyl (C=O) groups is 2. The van der Waals surface area contributed by atoms with Crippen molar-refractivity contribution in [3.8, 4) is 0 Å². The first-order valence-electron chi connectivity index (χ1n) is 5.00. The number of carboxylic acids is 1. The third-order valence-electron chi connectivity index (χ3n) is 2.50. The molecule has 6 heteroatoms. The predicted octanol–water partition coefficient (Wildman–Crippen LogP) is 1.48. The Bertz CT molecular complexity index is 463. The quantitative estimate of drug-likeness (QED) is 0.848. The van der Waals surface area contributed by atoms with Crippen molar-refractivity contribution >= 4 is 17.7 Å². The minimum Gasteiger partial charge on any atom is -0.481 e. The van der Waals surface area contributed by atoms with Crippen molar-refractivity contribution in [2.24, 2.45) is 5.92 Å². The second-order valence-corrected chi connectivity index (χ2v) is 3.70. The van der Waals surface area contributed by atoms with Crippen molar-refractivity contribution in [2.45, 2.75) is 0 Å². The summed E-state index contributed by atoms with van der Waals surface area (Å²) in [7, 11) is 0. The number of hydrogen-bond acceptors (Lipinski definition) is 3. The van der Waals surface area contributed by atoms with Gasteiger partial charge in [0, 0.05) is 12.2 Å². The fourth-order valence-corrected chi connectivity index (χ4v) is 1.60. The number of aliphatic carboxylic acids is 1. The molecule has 0 aliphatic carbocycles. The minimum atomic E-state index is -1.04. The van der Waals surface area contributed by atoms with E-state index in [1.165, 1.54) is 18.2 Å². The number of nitrogens with zero attached hydrogens (tertiary/aromatic N) is 1. The number of carboxylic acid groups (broad SMARTS) is 1. The molecule has 0 spiro atoms. The Kier molecular flexibility index (Phi) is 2.95. The minimum absolute atomic E-state index is 0.0162. The number of carbonyl (C=O) groups excluding carboxylic acids is 1. The zero-order valence-corrected chi connectivity index (χ0v) is 8.80. The van der Waals surface area contributed by atoms with Crippen molar-refractivity contribution in [3.05, 3.63) is 30.1 Å². The molecule has 1 atom stereocenters. The molecule has 17 heavy (non-hydrogen) atoms. The molecule has 1 fully saturated rings. The number of rotatable bonds is 2. The van der Waals surface area contributed by atoms with E-state index in [1.54, 1.807) is 0 Å². The monoisotopic (exact) mass is 239 g/mol. The number of anilines is 1. The van der Waals surface area contributed by atoms with Crippen molar-refractivity contribution < 1.29 is 23.8 Å². The van der Waals surface area contributed by atoms with Gasteiger partial charge in [-0.2, -0.15) is 0 Å². The Labute approximate surface area is 96.4 Å². The SMILES string of the molecule is O=C(O)C1COC(=O)N(c2cccc(F)c2)C1. The first-order valence-corrected chi connectivity index (χ1v) is 5.00. The van der Waals surface area contributed by atoms with Gasteiger partial charge in [-0.3, -0.25) is 9.69 Å². The Morgan fingerprint density at radius 2 is 2.29 bits per heavy atom. The van der Waals surface area contributed by atoms with Crippen LogP contribution in [0.3, 0.4) is 0 Å². The standard InChI is InChI=1S/C11H10FNO4/c12-8-2-1-3-9(4-8)13-5-7(10(14)15)6-17-11(13)16/h1-4,7H,5-6H2,(H,14,15). The molecule has 1 amide bonds. The molecule has 2 rings (SSSR count). The van der Waals surface area contributed by atoms with Gasteiger partial charge in [-0.15, -0.1) is 0 Å². The van der Waals surface area contributed by atoms with Gasteiger partial charge in [-0.25, -0.2) is 9.18 Å². The van der Waals surface area contributed by atoms with E-state index in [2.05, 4.69) is 0 Å². The summed E-state index contributed by atoms with van der Waals surface area (Å²) in [5, 5.41) is 8.85. The van der Waals surface area contributed by atoms with E-state index in [1.807, 2.05) is 0 Å². The van der Waals surface area contributed by atoms with Crippen LogP contribution in [-0.2, 0) is 9.53 Å². The van der Waals surface area contributed by atoms with Gasteiger partial charge in [0.2, 0.25) is 0 Å². The van der Waals surface area contributed by atoms with Crippen molar-refractivity contribution in [2.75, 3.05) is 18.1 Å². The highest BCUT2D eigenvalue weighted by atomic mass is 19.1. The highest BCUT2D eigenvalue weighted by Crippen LogP contribution is 2.21. The molecular formula is C11H10FNO4. The average molecular weight is 239 g/mol. The van der Waals surface area contributed by atoms with Gasteiger partial charge in [0.1, 0.15) is 18.3 Å². The largest absolute Gasteiger partial charge is 0.481 e. The average Bonchev–Trinajstić information content (AvgIpc) is 2.29. The summed E-state index contributed by atoms with van der Waals surface area (Å²) in [6, 6.07) is 5.37. The van der Waals surface area contributed by atoms with Crippen LogP contribution in [0.15, 0.2) is 24.3 Å². The normalized spacial score (nSPS) is 19.9. The van der Waals surface area contributed by atoms with E-state index in [0.29, 0.717) is 5.69 Å². The molecule has 1 unspecified atom stereocenters. The van der Waals surface area contributed by atoms with Crippen LogP contribution >= 0.6 is 0 Å². The summed E-state index contributed by atoms with van der Waals surface area (Å²) in [6.45, 7) is -0.169. The first kappa shape index (κ1) is 11.4. The molecule has 1 N–H and O–H groups in total. The zero-order valence-electron chi connectivity index (χ0n) is 8.80. The van der Waals surface area contributed by atoms with Crippen molar-refractivity contribution in [1.29, 1.82) is 0 Å². The third-order valence-corrected chi connectivity index (χ3v) is 2.50. The first-order chi connectivity index (χ1) is 8.08. The summed E-state index contributed by atoms with van der Waals surface area (Å²) in [6.07, 6.45) is -0.659. The molecular weight excluding hydrogens is 229 g/mol. The summed E-state index contributed by atoms with van der Waals surface area (Å²) in [5.74, 6) is -2.33. The Hall–Kier alpha value is -2.11. The number of benzene rings is 1. The van der Waals surface area contributed by atoms with Crippen LogP contribution in [0.2, 0.25) is 0 Å². The maximum Gasteiger partial charge on any atom is 0.414 e. The molecule has 1 aromatic rings. The lowest BCUT2D eigenvalue weighted by Gasteiger charge is -2.30. The summed E-state index contributed by atoms with van der Waals surface area (Å²) < 4.78 is 17.8. The van der Waals surface area contributed by atoms with E-state index in [-0.39, 0.29) is 13.2 Å².